The molecule has 0 radical (unpaired) electrons. The van der Waals surface area contributed by atoms with E-state index in [2.05, 4.69) is 17.1 Å². The fourth-order valence-corrected chi connectivity index (χ4v) is 3.65. The average Bonchev–Trinajstić information content (AvgIpc) is 2.99. The molecule has 0 aliphatic carbocycles. The van der Waals surface area contributed by atoms with Crippen LogP contribution in [-0.4, -0.2) is 50.7 Å². The first-order valence-electron chi connectivity index (χ1n) is 7.65. The number of nitrogens with zero attached hydrogens (tertiary/aromatic N) is 1. The summed E-state index contributed by atoms with van der Waals surface area (Å²) < 4.78 is 10.5. The number of ether oxygens (including phenoxy) is 2. The summed E-state index contributed by atoms with van der Waals surface area (Å²) >= 11 is 12.3. The van der Waals surface area contributed by atoms with E-state index in [4.69, 9.17) is 32.7 Å². The highest BCUT2D eigenvalue weighted by atomic mass is 35.5. The fraction of sp³-hybridized carbons (Fsp3) is 0.562. The predicted molar refractivity (Wildman–Crippen MR) is 92.2 cm³/mol. The summed E-state index contributed by atoms with van der Waals surface area (Å²) in [5.41, 5.74) is 0.230. The Morgan fingerprint density at radius 2 is 1.91 bits per heavy atom. The van der Waals surface area contributed by atoms with Crippen molar-refractivity contribution in [1.29, 1.82) is 0 Å². The quantitative estimate of drug-likeness (QED) is 0.845. The van der Waals surface area contributed by atoms with E-state index < -0.39 is 0 Å². The molecular weight excluding hydrogens is 339 g/mol. The van der Waals surface area contributed by atoms with E-state index >= 15 is 0 Å². The largest absolute Gasteiger partial charge is 0.494 e. The van der Waals surface area contributed by atoms with Crippen LogP contribution in [-0.2, 0) is 0 Å². The number of likely N-dealkylation sites (N-methyl/N-ethyl adjacent to an activating group) is 1. The van der Waals surface area contributed by atoms with Gasteiger partial charge in [-0.15, -0.1) is 0 Å². The zero-order valence-electron chi connectivity index (χ0n) is 13.6. The highest BCUT2D eigenvalue weighted by Gasteiger charge is 2.27. The standard InChI is InChI=1S/C16H22Cl2N2O3/c1-4-20-7-5-6-10(20)9-19-16(21)13-14(22-2)11(17)8-12(18)15(13)23-3/h8,10H,4-7,9H2,1-3H3,(H,19,21)/t10-/m0/s1. The Balaban J connectivity index is 2.21. The monoisotopic (exact) mass is 360 g/mol. The van der Waals surface area contributed by atoms with E-state index in [1.54, 1.807) is 0 Å². The number of carbonyl (C=O) groups is 1. The van der Waals surface area contributed by atoms with E-state index in [9.17, 15) is 4.79 Å². The maximum atomic E-state index is 12.7. The summed E-state index contributed by atoms with van der Waals surface area (Å²) in [5, 5.41) is 3.51. The van der Waals surface area contributed by atoms with Gasteiger partial charge in [0, 0.05) is 12.6 Å². The number of methoxy groups -OCH3 is 2. The first-order chi connectivity index (χ1) is 11.0. The second-order valence-electron chi connectivity index (χ2n) is 5.42. The number of likely N-dealkylation sites (tertiary alicyclic amines) is 1. The Morgan fingerprint density at radius 3 is 2.43 bits per heavy atom. The van der Waals surface area contributed by atoms with Gasteiger partial charge in [0.25, 0.3) is 5.91 Å². The van der Waals surface area contributed by atoms with Crippen molar-refractivity contribution in [2.45, 2.75) is 25.8 Å². The summed E-state index contributed by atoms with van der Waals surface area (Å²) in [6, 6.07) is 1.86. The van der Waals surface area contributed by atoms with Crippen molar-refractivity contribution >= 4 is 29.1 Å². The SMILES string of the molecule is CCN1CCC[C@H]1CNC(=O)c1c(OC)c(Cl)cc(Cl)c1OC. The molecule has 1 aliphatic heterocycles. The van der Waals surface area contributed by atoms with Crippen molar-refractivity contribution in [2.75, 3.05) is 33.9 Å². The van der Waals surface area contributed by atoms with E-state index in [-0.39, 0.29) is 33.0 Å². The normalized spacial score (nSPS) is 18.0. The summed E-state index contributed by atoms with van der Waals surface area (Å²) in [5.74, 6) is 0.236. The molecule has 1 amide bonds. The molecule has 0 unspecified atom stereocenters. The van der Waals surface area contributed by atoms with Gasteiger partial charge in [-0.05, 0) is 32.0 Å². The van der Waals surface area contributed by atoms with Crippen molar-refractivity contribution in [3.05, 3.63) is 21.7 Å². The molecule has 1 N–H and O–H groups in total. The van der Waals surface area contributed by atoms with Crippen LogP contribution >= 0.6 is 23.2 Å². The van der Waals surface area contributed by atoms with Crippen molar-refractivity contribution < 1.29 is 14.3 Å². The molecule has 0 saturated carbocycles. The number of hydrogen-bond acceptors (Lipinski definition) is 4. The molecule has 7 heteroatoms. The molecule has 1 saturated heterocycles. The van der Waals surface area contributed by atoms with Crippen LogP contribution in [0, 0.1) is 0 Å². The third kappa shape index (κ3) is 3.84. The Bertz CT molecular complexity index is 553. The minimum Gasteiger partial charge on any atom is -0.494 e. The summed E-state index contributed by atoms with van der Waals surface area (Å²) in [6.07, 6.45) is 2.24. The van der Waals surface area contributed by atoms with Gasteiger partial charge in [-0.1, -0.05) is 30.1 Å². The zero-order chi connectivity index (χ0) is 17.0. The van der Waals surface area contributed by atoms with Crippen LogP contribution in [0.5, 0.6) is 11.5 Å². The van der Waals surface area contributed by atoms with Crippen molar-refractivity contribution in [1.82, 2.24) is 10.2 Å². The minimum atomic E-state index is -0.300. The van der Waals surface area contributed by atoms with Crippen LogP contribution in [0.4, 0.5) is 0 Å². The number of amides is 1. The number of hydrogen-bond donors (Lipinski definition) is 1. The van der Waals surface area contributed by atoms with Gasteiger partial charge in [-0.25, -0.2) is 0 Å². The van der Waals surface area contributed by atoms with Gasteiger partial charge >= 0.3 is 0 Å². The maximum absolute atomic E-state index is 12.7. The highest BCUT2D eigenvalue weighted by Crippen LogP contribution is 2.40. The highest BCUT2D eigenvalue weighted by molar-refractivity contribution is 6.37. The van der Waals surface area contributed by atoms with Gasteiger partial charge in [0.2, 0.25) is 0 Å². The fourth-order valence-electron chi connectivity index (χ4n) is 3.03. The molecule has 5 nitrogen and oxygen atoms in total. The Labute approximate surface area is 146 Å². The van der Waals surface area contributed by atoms with Gasteiger partial charge < -0.3 is 14.8 Å². The van der Waals surface area contributed by atoms with Gasteiger partial charge in [0.1, 0.15) is 5.56 Å². The van der Waals surface area contributed by atoms with Crippen molar-refractivity contribution in [3.8, 4) is 11.5 Å². The lowest BCUT2D eigenvalue weighted by Gasteiger charge is -2.23. The zero-order valence-corrected chi connectivity index (χ0v) is 15.1. The lowest BCUT2D eigenvalue weighted by atomic mass is 10.1. The van der Waals surface area contributed by atoms with Crippen molar-refractivity contribution in [2.24, 2.45) is 0 Å². The summed E-state index contributed by atoms with van der Waals surface area (Å²) in [4.78, 5) is 15.0. The lowest BCUT2D eigenvalue weighted by Crippen LogP contribution is -2.40. The van der Waals surface area contributed by atoms with Gasteiger partial charge in [-0.2, -0.15) is 0 Å². The molecule has 128 valence electrons. The predicted octanol–water partition coefficient (Wildman–Crippen LogP) is 3.22. The van der Waals surface area contributed by atoms with Crippen LogP contribution < -0.4 is 14.8 Å². The van der Waals surface area contributed by atoms with Gasteiger partial charge in [0.05, 0.1) is 24.3 Å². The molecule has 0 aromatic heterocycles. The van der Waals surface area contributed by atoms with E-state index in [1.165, 1.54) is 20.3 Å². The number of carbonyl (C=O) groups excluding carboxylic acids is 1. The van der Waals surface area contributed by atoms with Gasteiger partial charge in [0.15, 0.2) is 11.5 Å². The number of nitrogens with one attached hydrogen (secondary N) is 1. The second kappa shape index (κ2) is 8.08. The molecule has 0 bridgehead atoms. The van der Waals surface area contributed by atoms with E-state index in [1.807, 2.05) is 0 Å². The molecular formula is C16H22Cl2N2O3. The van der Waals surface area contributed by atoms with E-state index in [0.717, 1.165) is 25.9 Å². The number of rotatable bonds is 6. The van der Waals surface area contributed by atoms with Crippen LogP contribution in [0.2, 0.25) is 10.0 Å². The van der Waals surface area contributed by atoms with E-state index in [0.29, 0.717) is 12.6 Å². The maximum Gasteiger partial charge on any atom is 0.259 e. The van der Waals surface area contributed by atoms with Crippen LogP contribution in [0.1, 0.15) is 30.1 Å². The Morgan fingerprint density at radius 1 is 1.30 bits per heavy atom. The lowest BCUT2D eigenvalue weighted by molar-refractivity contribution is 0.0935. The average molecular weight is 361 g/mol. The van der Waals surface area contributed by atoms with Crippen LogP contribution in [0.3, 0.4) is 0 Å². The summed E-state index contributed by atoms with van der Waals surface area (Å²) in [6.45, 7) is 4.76. The first kappa shape index (κ1) is 18.2. The number of benzene rings is 1. The van der Waals surface area contributed by atoms with Crippen LogP contribution in [0.15, 0.2) is 6.07 Å². The molecule has 1 atom stereocenters. The molecule has 2 rings (SSSR count). The van der Waals surface area contributed by atoms with Crippen LogP contribution in [0.25, 0.3) is 0 Å². The molecule has 1 aromatic rings. The number of halogens is 2. The third-order valence-corrected chi connectivity index (χ3v) is 4.74. The smallest absolute Gasteiger partial charge is 0.259 e. The minimum absolute atomic E-state index is 0.230. The Hall–Kier alpha value is -1.17. The summed E-state index contributed by atoms with van der Waals surface area (Å²) in [7, 11) is 2.92. The molecule has 0 spiro atoms. The molecule has 23 heavy (non-hydrogen) atoms. The molecule has 1 aliphatic rings. The first-order valence-corrected chi connectivity index (χ1v) is 8.41. The topological polar surface area (TPSA) is 50.8 Å². The second-order valence-corrected chi connectivity index (χ2v) is 6.23. The molecule has 1 fully saturated rings. The molecule has 1 aromatic carbocycles. The third-order valence-electron chi connectivity index (χ3n) is 4.18. The van der Waals surface area contributed by atoms with Gasteiger partial charge in [-0.3, -0.25) is 9.69 Å². The molecule has 1 heterocycles. The Kier molecular flexibility index (Phi) is 6.39. The van der Waals surface area contributed by atoms with Crippen molar-refractivity contribution in [3.63, 3.8) is 0 Å².